The van der Waals surface area contributed by atoms with E-state index in [0.29, 0.717) is 11.1 Å². The van der Waals surface area contributed by atoms with Crippen LogP contribution in [0.15, 0.2) is 24.3 Å². The van der Waals surface area contributed by atoms with Crippen LogP contribution in [0.1, 0.15) is 20.7 Å². The van der Waals surface area contributed by atoms with Gasteiger partial charge in [-0.2, -0.15) is 0 Å². The fourth-order valence-corrected chi connectivity index (χ4v) is 4.19. The Hall–Kier alpha value is -0.570. The maximum absolute atomic E-state index is 11.1. The van der Waals surface area contributed by atoms with Crippen LogP contribution in [-0.4, -0.2) is 30.0 Å². The molecule has 1 aliphatic heterocycles. The van der Waals surface area contributed by atoms with E-state index in [1.165, 1.54) is 0 Å². The molecule has 0 N–H and O–H groups in total. The molecular weight excluding hydrogens is 243 g/mol. The van der Waals surface area contributed by atoms with Crippen molar-refractivity contribution in [2.75, 3.05) is 0 Å². The molecule has 3 heteroatoms. The zero-order valence-electron chi connectivity index (χ0n) is 5.70. The third-order valence-electron chi connectivity index (χ3n) is 1.72. The third-order valence-corrected chi connectivity index (χ3v) is 4.99. The fraction of sp³-hybridized carbons (Fsp3) is 0. The molecular formula is C8H4InO2. The first kappa shape index (κ1) is 7.10. The van der Waals surface area contributed by atoms with E-state index in [9.17, 15) is 9.59 Å². The van der Waals surface area contributed by atoms with Crippen LogP contribution in [0.25, 0.3) is 0 Å². The van der Waals surface area contributed by atoms with Crippen molar-refractivity contribution in [2.24, 2.45) is 0 Å². The summed E-state index contributed by atoms with van der Waals surface area (Å²) in [6.45, 7) is 0. The second kappa shape index (κ2) is 2.48. The van der Waals surface area contributed by atoms with Crippen molar-refractivity contribution in [3.63, 3.8) is 0 Å². The van der Waals surface area contributed by atoms with Gasteiger partial charge in [0.1, 0.15) is 0 Å². The summed E-state index contributed by atoms with van der Waals surface area (Å²) in [4.78, 5) is 22.3. The van der Waals surface area contributed by atoms with Crippen molar-refractivity contribution in [1.29, 1.82) is 0 Å². The Morgan fingerprint density at radius 1 is 0.909 bits per heavy atom. The second-order valence-corrected chi connectivity index (χ2v) is 6.24. The van der Waals surface area contributed by atoms with Crippen molar-refractivity contribution in [2.45, 2.75) is 0 Å². The van der Waals surface area contributed by atoms with Gasteiger partial charge >= 0.3 is 75.0 Å². The van der Waals surface area contributed by atoms with Gasteiger partial charge in [-0.3, -0.25) is 0 Å². The molecule has 1 heterocycles. The third kappa shape index (κ3) is 1.03. The number of carbonyl (C=O) groups excluding carboxylic acids is 2. The molecule has 0 saturated carbocycles. The monoisotopic (exact) mass is 247 g/mol. The maximum atomic E-state index is 11.1. The number of hydrogen-bond acceptors (Lipinski definition) is 2. The van der Waals surface area contributed by atoms with Crippen molar-refractivity contribution in [3.05, 3.63) is 35.4 Å². The van der Waals surface area contributed by atoms with Gasteiger partial charge in [-0.15, -0.1) is 0 Å². The molecule has 11 heavy (non-hydrogen) atoms. The van der Waals surface area contributed by atoms with Gasteiger partial charge in [0, 0.05) is 0 Å². The second-order valence-electron chi connectivity index (χ2n) is 2.42. The van der Waals surface area contributed by atoms with Crippen molar-refractivity contribution in [3.8, 4) is 0 Å². The predicted molar refractivity (Wildman–Crippen MR) is 40.9 cm³/mol. The number of benzene rings is 1. The summed E-state index contributed by atoms with van der Waals surface area (Å²) < 4.78 is 0.279. The SMILES string of the molecule is O=[C]1[In][C](=O)c2ccccc21. The van der Waals surface area contributed by atoms with Gasteiger partial charge in [-0.05, 0) is 0 Å². The van der Waals surface area contributed by atoms with E-state index in [1.54, 1.807) is 24.3 Å². The van der Waals surface area contributed by atoms with Gasteiger partial charge in [0.05, 0.1) is 0 Å². The molecule has 0 aliphatic carbocycles. The quantitative estimate of drug-likeness (QED) is 0.675. The number of carbonyl (C=O) groups is 2. The molecule has 0 saturated heterocycles. The summed E-state index contributed by atoms with van der Waals surface area (Å²) in [5, 5.41) is 0. The Morgan fingerprint density at radius 2 is 1.36 bits per heavy atom. The molecule has 0 bridgehead atoms. The van der Waals surface area contributed by atoms with Crippen LogP contribution >= 0.6 is 0 Å². The standard InChI is InChI=1S/C8H4O2.In/c9-5-7-3-1-2-4-8(7)6-10;/h1-4H;. The van der Waals surface area contributed by atoms with Crippen molar-refractivity contribution < 1.29 is 9.59 Å². The molecule has 51 valence electrons. The average molecular weight is 247 g/mol. The molecule has 0 spiro atoms. The summed E-state index contributed by atoms with van der Waals surface area (Å²) in [5.74, 6) is 0. The average Bonchev–Trinajstić information content (AvgIpc) is 2.30. The Kier molecular flexibility index (Phi) is 1.60. The topological polar surface area (TPSA) is 34.1 Å². The van der Waals surface area contributed by atoms with E-state index in [-0.39, 0.29) is 7.08 Å². The minimum atomic E-state index is -1.58. The summed E-state index contributed by atoms with van der Waals surface area (Å²) in [6, 6.07) is 7.10. The van der Waals surface area contributed by atoms with Gasteiger partial charge < -0.3 is 0 Å². The molecule has 0 atom stereocenters. The first-order valence-electron chi connectivity index (χ1n) is 3.31. The predicted octanol–water partition coefficient (Wildman–Crippen LogP) is 0.685. The molecule has 2 rings (SSSR count). The molecule has 1 aromatic rings. The van der Waals surface area contributed by atoms with Crippen molar-refractivity contribution in [1.82, 2.24) is 0 Å². The number of rotatable bonds is 0. The summed E-state index contributed by atoms with van der Waals surface area (Å²) in [5.41, 5.74) is 1.33. The van der Waals surface area contributed by atoms with Crippen LogP contribution < -0.4 is 0 Å². The zero-order chi connectivity index (χ0) is 7.84. The molecule has 1 radical (unpaired) electrons. The zero-order valence-corrected chi connectivity index (χ0v) is 9.00. The molecule has 1 aromatic carbocycles. The van der Waals surface area contributed by atoms with E-state index < -0.39 is 22.9 Å². The van der Waals surface area contributed by atoms with Crippen LogP contribution in [0.3, 0.4) is 0 Å². The van der Waals surface area contributed by atoms with Gasteiger partial charge in [-0.1, -0.05) is 0 Å². The number of fused-ring (bicyclic) bond motifs is 1. The van der Waals surface area contributed by atoms with Crippen LogP contribution in [0, 0.1) is 0 Å². The fourth-order valence-electron chi connectivity index (χ4n) is 1.19. The first-order chi connectivity index (χ1) is 5.29. The summed E-state index contributed by atoms with van der Waals surface area (Å²) in [6.07, 6.45) is 0. The normalized spacial score (nSPS) is 14.5. The van der Waals surface area contributed by atoms with Crippen LogP contribution in [0.2, 0.25) is 0 Å². The molecule has 0 aromatic heterocycles. The molecule has 0 amide bonds. The Morgan fingerprint density at radius 3 is 1.82 bits per heavy atom. The van der Waals surface area contributed by atoms with E-state index in [1.807, 2.05) is 0 Å². The van der Waals surface area contributed by atoms with E-state index in [0.717, 1.165) is 0 Å². The van der Waals surface area contributed by atoms with Crippen molar-refractivity contribution >= 4 is 30.0 Å². The van der Waals surface area contributed by atoms with E-state index in [2.05, 4.69) is 0 Å². The van der Waals surface area contributed by atoms with Crippen LogP contribution in [-0.2, 0) is 0 Å². The van der Waals surface area contributed by atoms with Crippen LogP contribution in [0.4, 0.5) is 0 Å². The summed E-state index contributed by atoms with van der Waals surface area (Å²) >= 11 is -1.58. The first-order valence-corrected chi connectivity index (χ1v) is 6.61. The van der Waals surface area contributed by atoms with Crippen LogP contribution in [0.5, 0.6) is 0 Å². The Balaban J connectivity index is 2.69. The van der Waals surface area contributed by atoms with E-state index in [4.69, 9.17) is 0 Å². The van der Waals surface area contributed by atoms with Gasteiger partial charge in [-0.25, -0.2) is 0 Å². The summed E-state index contributed by atoms with van der Waals surface area (Å²) in [7, 11) is 0. The Labute approximate surface area is 75.0 Å². The van der Waals surface area contributed by atoms with Gasteiger partial charge in [0.2, 0.25) is 0 Å². The minimum absolute atomic E-state index is 0.140. The van der Waals surface area contributed by atoms with Gasteiger partial charge in [0.15, 0.2) is 0 Å². The molecule has 0 fully saturated rings. The molecule has 2 nitrogen and oxygen atoms in total. The van der Waals surface area contributed by atoms with E-state index >= 15 is 0 Å². The molecule has 1 aliphatic rings. The van der Waals surface area contributed by atoms with Gasteiger partial charge in [0.25, 0.3) is 0 Å². The number of hydrogen-bond donors (Lipinski definition) is 0. The molecule has 0 unspecified atom stereocenters. The Bertz CT molecular complexity index is 311.